The van der Waals surface area contributed by atoms with Gasteiger partial charge >= 0.3 is 0 Å². The summed E-state index contributed by atoms with van der Waals surface area (Å²) in [6.45, 7) is 4.56. The average Bonchev–Trinajstić information content (AvgIpc) is 3.09. The van der Waals surface area contributed by atoms with E-state index in [4.69, 9.17) is 5.10 Å². The first-order valence-electron chi connectivity index (χ1n) is 10.4. The van der Waals surface area contributed by atoms with Crippen LogP contribution in [0.15, 0.2) is 11.2 Å². The number of hydrogen-bond acceptors (Lipinski definition) is 3. The Balaban J connectivity index is 0.00000280. The van der Waals surface area contributed by atoms with Crippen LogP contribution in [-0.4, -0.2) is 47.3 Å². The number of hydrogen-bond donors (Lipinski definition) is 3. The minimum absolute atomic E-state index is 0. The molecule has 1 heterocycles. The highest BCUT2D eigenvalue weighted by molar-refractivity contribution is 14.0. The number of fused-ring (bicyclic) bond motifs is 1. The maximum absolute atomic E-state index is 12.2. The summed E-state index contributed by atoms with van der Waals surface area (Å²) in [5.74, 6) is 0.733. The standard InChI is InChI=1S/C20H34N6O.HI/c1-14(2)26-13-15-9-10-17(11-18(15)25-26)24-20(21-3)22-12-19(27)23-16-7-5-4-6-8-16;/h13-14,16-17H,4-12H2,1-3H3,(H,23,27)(H2,21,22,24);1H. The summed E-state index contributed by atoms with van der Waals surface area (Å²) in [6.07, 6.45) is 11.1. The van der Waals surface area contributed by atoms with Crippen LogP contribution >= 0.6 is 24.0 Å². The first kappa shape index (κ1) is 23.0. The molecular weight excluding hydrogens is 467 g/mol. The molecule has 0 radical (unpaired) electrons. The molecule has 1 atom stereocenters. The fourth-order valence-electron chi connectivity index (χ4n) is 3.98. The monoisotopic (exact) mass is 502 g/mol. The van der Waals surface area contributed by atoms with Crippen LogP contribution in [0, 0.1) is 0 Å². The minimum Gasteiger partial charge on any atom is -0.353 e. The van der Waals surface area contributed by atoms with Crippen molar-refractivity contribution in [1.82, 2.24) is 25.7 Å². The van der Waals surface area contributed by atoms with E-state index in [2.05, 4.69) is 45.7 Å². The lowest BCUT2D eigenvalue weighted by Gasteiger charge is -2.25. The van der Waals surface area contributed by atoms with Crippen LogP contribution in [0.3, 0.4) is 0 Å². The van der Waals surface area contributed by atoms with Gasteiger partial charge in [0.15, 0.2) is 5.96 Å². The predicted molar refractivity (Wildman–Crippen MR) is 123 cm³/mol. The van der Waals surface area contributed by atoms with Crippen LogP contribution in [0.5, 0.6) is 0 Å². The Bertz CT molecular complexity index is 666. The average molecular weight is 502 g/mol. The van der Waals surface area contributed by atoms with E-state index in [0.717, 1.165) is 32.1 Å². The number of carbonyl (C=O) groups is 1. The number of halogens is 1. The van der Waals surface area contributed by atoms with E-state index in [9.17, 15) is 4.79 Å². The third kappa shape index (κ3) is 6.35. The zero-order valence-electron chi connectivity index (χ0n) is 17.3. The van der Waals surface area contributed by atoms with Gasteiger partial charge in [-0.1, -0.05) is 19.3 Å². The molecule has 2 aliphatic rings. The Morgan fingerprint density at radius 3 is 2.64 bits per heavy atom. The zero-order chi connectivity index (χ0) is 19.2. The number of amides is 1. The lowest BCUT2D eigenvalue weighted by Crippen LogP contribution is -2.49. The molecule has 1 unspecified atom stereocenters. The molecule has 28 heavy (non-hydrogen) atoms. The van der Waals surface area contributed by atoms with E-state index >= 15 is 0 Å². The number of rotatable bonds is 5. The first-order chi connectivity index (χ1) is 13.0. The summed E-state index contributed by atoms with van der Waals surface area (Å²) in [4.78, 5) is 16.5. The Morgan fingerprint density at radius 2 is 1.96 bits per heavy atom. The Kier molecular flexibility index (Phi) is 9.04. The largest absolute Gasteiger partial charge is 0.353 e. The van der Waals surface area contributed by atoms with Crippen molar-refractivity contribution >= 4 is 35.8 Å². The number of carbonyl (C=O) groups excluding carboxylic acids is 1. The molecule has 0 aliphatic heterocycles. The summed E-state index contributed by atoms with van der Waals surface area (Å²) >= 11 is 0. The Hall–Kier alpha value is -1.32. The molecule has 0 bridgehead atoms. The molecule has 1 saturated carbocycles. The first-order valence-corrected chi connectivity index (χ1v) is 10.4. The summed E-state index contributed by atoms with van der Waals surface area (Å²) < 4.78 is 2.05. The van der Waals surface area contributed by atoms with Gasteiger partial charge in [0, 0.05) is 37.8 Å². The summed E-state index contributed by atoms with van der Waals surface area (Å²) in [7, 11) is 1.75. The Morgan fingerprint density at radius 1 is 1.21 bits per heavy atom. The van der Waals surface area contributed by atoms with Gasteiger partial charge in [-0.15, -0.1) is 24.0 Å². The van der Waals surface area contributed by atoms with Crippen molar-refractivity contribution in [3.8, 4) is 0 Å². The number of aromatic nitrogens is 2. The van der Waals surface area contributed by atoms with Gasteiger partial charge in [-0.25, -0.2) is 0 Å². The number of guanidine groups is 1. The van der Waals surface area contributed by atoms with E-state index in [1.807, 2.05) is 0 Å². The number of nitrogens with one attached hydrogen (secondary N) is 3. The van der Waals surface area contributed by atoms with Crippen LogP contribution in [0.2, 0.25) is 0 Å². The lowest BCUT2D eigenvalue weighted by molar-refractivity contribution is -0.120. The molecular formula is C20H35IN6O. The van der Waals surface area contributed by atoms with Crippen LogP contribution in [-0.2, 0) is 17.6 Å². The third-order valence-electron chi connectivity index (χ3n) is 5.58. The van der Waals surface area contributed by atoms with Gasteiger partial charge in [0.25, 0.3) is 0 Å². The van der Waals surface area contributed by atoms with Crippen molar-refractivity contribution in [1.29, 1.82) is 0 Å². The van der Waals surface area contributed by atoms with Gasteiger partial charge in [0.2, 0.25) is 5.91 Å². The van der Waals surface area contributed by atoms with Crippen molar-refractivity contribution in [3.63, 3.8) is 0 Å². The van der Waals surface area contributed by atoms with Gasteiger partial charge in [0.05, 0.1) is 12.2 Å². The summed E-state index contributed by atoms with van der Waals surface area (Å²) in [5, 5.41) is 14.5. The van der Waals surface area contributed by atoms with E-state index in [1.54, 1.807) is 7.05 Å². The third-order valence-corrected chi connectivity index (χ3v) is 5.58. The highest BCUT2D eigenvalue weighted by atomic mass is 127. The molecule has 3 rings (SSSR count). The lowest BCUT2D eigenvalue weighted by atomic mass is 9.94. The van der Waals surface area contributed by atoms with Crippen LogP contribution in [0.25, 0.3) is 0 Å². The molecule has 1 fully saturated rings. The number of aryl methyl sites for hydroxylation is 1. The Labute approximate surface area is 185 Å². The fourth-order valence-corrected chi connectivity index (χ4v) is 3.98. The molecule has 158 valence electrons. The SMILES string of the molecule is CN=C(NCC(=O)NC1CCCCC1)NC1CCc2cn(C(C)C)nc2C1.I. The topological polar surface area (TPSA) is 83.3 Å². The van der Waals surface area contributed by atoms with Crippen LogP contribution in [0.1, 0.15) is 69.7 Å². The molecule has 7 nitrogen and oxygen atoms in total. The second-order valence-electron chi connectivity index (χ2n) is 8.09. The van der Waals surface area contributed by atoms with Gasteiger partial charge in [-0.05, 0) is 45.1 Å². The van der Waals surface area contributed by atoms with Crippen LogP contribution in [0.4, 0.5) is 0 Å². The molecule has 8 heteroatoms. The molecule has 0 saturated heterocycles. The van der Waals surface area contributed by atoms with E-state index < -0.39 is 0 Å². The molecule has 2 aliphatic carbocycles. The van der Waals surface area contributed by atoms with E-state index in [1.165, 1.54) is 30.5 Å². The van der Waals surface area contributed by atoms with E-state index in [0.29, 0.717) is 24.1 Å². The van der Waals surface area contributed by atoms with Crippen molar-refractivity contribution in [3.05, 3.63) is 17.5 Å². The maximum Gasteiger partial charge on any atom is 0.239 e. The van der Waals surface area contributed by atoms with Gasteiger partial charge in [-0.3, -0.25) is 14.5 Å². The molecule has 0 spiro atoms. The number of nitrogens with zero attached hydrogens (tertiary/aromatic N) is 3. The smallest absolute Gasteiger partial charge is 0.239 e. The maximum atomic E-state index is 12.2. The quantitative estimate of drug-likeness (QED) is 0.329. The van der Waals surface area contributed by atoms with E-state index in [-0.39, 0.29) is 36.4 Å². The van der Waals surface area contributed by atoms with Gasteiger partial charge < -0.3 is 16.0 Å². The van der Waals surface area contributed by atoms with Crippen molar-refractivity contribution < 1.29 is 4.79 Å². The van der Waals surface area contributed by atoms with Crippen molar-refractivity contribution in [2.75, 3.05) is 13.6 Å². The van der Waals surface area contributed by atoms with Crippen molar-refractivity contribution in [2.45, 2.75) is 83.3 Å². The zero-order valence-corrected chi connectivity index (χ0v) is 19.7. The fraction of sp³-hybridized carbons (Fsp3) is 0.750. The second-order valence-corrected chi connectivity index (χ2v) is 8.09. The normalized spacial score (nSPS) is 20.3. The van der Waals surface area contributed by atoms with Crippen molar-refractivity contribution in [2.24, 2.45) is 4.99 Å². The molecule has 3 N–H and O–H groups in total. The summed E-state index contributed by atoms with van der Waals surface area (Å²) in [5.41, 5.74) is 2.54. The molecule has 0 aromatic carbocycles. The molecule has 1 amide bonds. The second kappa shape index (κ2) is 11.0. The van der Waals surface area contributed by atoms with Crippen LogP contribution < -0.4 is 16.0 Å². The highest BCUT2D eigenvalue weighted by Gasteiger charge is 2.23. The minimum atomic E-state index is 0. The number of aliphatic imine (C=N–C) groups is 1. The highest BCUT2D eigenvalue weighted by Crippen LogP contribution is 2.21. The molecule has 1 aromatic rings. The predicted octanol–water partition coefficient (Wildman–Crippen LogP) is 2.55. The summed E-state index contributed by atoms with van der Waals surface area (Å²) in [6, 6.07) is 1.02. The molecule has 1 aromatic heterocycles. The van der Waals surface area contributed by atoms with Gasteiger partial charge in [0.1, 0.15) is 0 Å². The van der Waals surface area contributed by atoms with Gasteiger partial charge in [-0.2, -0.15) is 5.10 Å².